The van der Waals surface area contributed by atoms with Gasteiger partial charge >= 0.3 is 0 Å². The first kappa shape index (κ1) is 14.4. The van der Waals surface area contributed by atoms with Gasteiger partial charge in [-0.2, -0.15) is 0 Å². The van der Waals surface area contributed by atoms with Gasteiger partial charge < -0.3 is 10.6 Å². The van der Waals surface area contributed by atoms with Crippen molar-refractivity contribution >= 4 is 5.91 Å². The van der Waals surface area contributed by atoms with Gasteiger partial charge in [0.05, 0.1) is 6.54 Å². The van der Waals surface area contributed by atoms with E-state index in [0.29, 0.717) is 19.4 Å². The van der Waals surface area contributed by atoms with Gasteiger partial charge in [-0.25, -0.2) is 8.78 Å². The number of rotatable bonds is 6. The third-order valence-corrected chi connectivity index (χ3v) is 3.36. The summed E-state index contributed by atoms with van der Waals surface area (Å²) < 4.78 is 24.7. The van der Waals surface area contributed by atoms with Crippen LogP contribution < -0.4 is 5.73 Å². The van der Waals surface area contributed by atoms with Crippen LogP contribution in [-0.2, 0) is 4.79 Å². The van der Waals surface area contributed by atoms with Crippen molar-refractivity contribution < 1.29 is 13.6 Å². The van der Waals surface area contributed by atoms with E-state index in [2.05, 4.69) is 0 Å². The molecule has 3 nitrogen and oxygen atoms in total. The van der Waals surface area contributed by atoms with Crippen molar-refractivity contribution in [3.8, 4) is 0 Å². The Bertz CT molecular complexity index is 249. The summed E-state index contributed by atoms with van der Waals surface area (Å²) in [5, 5.41) is 0. The molecule has 1 aliphatic carbocycles. The Morgan fingerprint density at radius 1 is 1.47 bits per heavy atom. The Morgan fingerprint density at radius 3 is 2.65 bits per heavy atom. The molecule has 0 aromatic heterocycles. The second kappa shape index (κ2) is 6.89. The van der Waals surface area contributed by atoms with Crippen LogP contribution in [0, 0.1) is 5.92 Å². The van der Waals surface area contributed by atoms with Gasteiger partial charge in [-0.1, -0.05) is 13.3 Å². The average Bonchev–Trinajstić information content (AvgIpc) is 2.63. The number of nitrogens with two attached hydrogens (primary N) is 1. The lowest BCUT2D eigenvalue weighted by Gasteiger charge is -2.24. The third kappa shape index (κ3) is 4.58. The summed E-state index contributed by atoms with van der Waals surface area (Å²) in [4.78, 5) is 13.2. The van der Waals surface area contributed by atoms with Crippen molar-refractivity contribution in [3.63, 3.8) is 0 Å². The van der Waals surface area contributed by atoms with Crippen molar-refractivity contribution in [1.82, 2.24) is 4.90 Å². The molecule has 0 bridgehead atoms. The minimum absolute atomic E-state index is 0.0639. The molecule has 0 heterocycles. The van der Waals surface area contributed by atoms with Crippen LogP contribution in [0.5, 0.6) is 0 Å². The molecular formula is C12H22F2N2O. The smallest absolute Gasteiger partial charge is 0.255 e. The number of nitrogens with zero attached hydrogens (tertiary/aromatic N) is 1. The lowest BCUT2D eigenvalue weighted by atomic mass is 9.99. The molecule has 0 saturated heterocycles. The molecule has 0 aromatic rings. The third-order valence-electron chi connectivity index (χ3n) is 3.36. The van der Waals surface area contributed by atoms with Crippen LogP contribution in [0.25, 0.3) is 0 Å². The zero-order valence-electron chi connectivity index (χ0n) is 10.4. The van der Waals surface area contributed by atoms with Crippen molar-refractivity contribution in [2.75, 3.05) is 13.1 Å². The van der Waals surface area contributed by atoms with Gasteiger partial charge in [0, 0.05) is 19.0 Å². The maximum Gasteiger partial charge on any atom is 0.255 e. The molecule has 0 spiro atoms. The van der Waals surface area contributed by atoms with Gasteiger partial charge in [0.15, 0.2) is 0 Å². The van der Waals surface area contributed by atoms with E-state index in [1.165, 1.54) is 4.90 Å². The highest BCUT2D eigenvalue weighted by Crippen LogP contribution is 2.27. The molecule has 1 fully saturated rings. The fourth-order valence-electron chi connectivity index (χ4n) is 2.43. The maximum atomic E-state index is 12.3. The summed E-state index contributed by atoms with van der Waals surface area (Å²) in [5.41, 5.74) is 5.88. The summed E-state index contributed by atoms with van der Waals surface area (Å²) >= 11 is 0. The molecule has 0 radical (unpaired) electrons. The first-order chi connectivity index (χ1) is 8.04. The molecule has 0 aliphatic heterocycles. The van der Waals surface area contributed by atoms with E-state index in [0.717, 1.165) is 19.3 Å². The summed E-state index contributed by atoms with van der Waals surface area (Å²) in [6.45, 7) is 1.84. The van der Waals surface area contributed by atoms with E-state index in [1.807, 2.05) is 6.92 Å². The zero-order valence-corrected chi connectivity index (χ0v) is 10.4. The zero-order chi connectivity index (χ0) is 12.8. The van der Waals surface area contributed by atoms with Gasteiger partial charge in [-0.3, -0.25) is 4.79 Å². The number of carbonyl (C=O) groups is 1. The number of carbonyl (C=O) groups excluding carboxylic acids is 1. The van der Waals surface area contributed by atoms with Crippen LogP contribution in [0.4, 0.5) is 8.78 Å². The normalized spacial score (nSPS) is 24.3. The molecule has 17 heavy (non-hydrogen) atoms. The van der Waals surface area contributed by atoms with E-state index >= 15 is 0 Å². The Hall–Kier alpha value is -0.710. The van der Waals surface area contributed by atoms with Crippen LogP contribution in [0.1, 0.15) is 39.0 Å². The lowest BCUT2D eigenvalue weighted by molar-refractivity contribution is -0.134. The molecule has 1 aliphatic rings. The Kier molecular flexibility index (Phi) is 5.82. The van der Waals surface area contributed by atoms with Gasteiger partial charge in [0.1, 0.15) is 0 Å². The fraction of sp³-hybridized carbons (Fsp3) is 0.917. The first-order valence-electron chi connectivity index (χ1n) is 6.36. The largest absolute Gasteiger partial charge is 0.337 e. The molecule has 1 rings (SSSR count). The van der Waals surface area contributed by atoms with Gasteiger partial charge in [0.2, 0.25) is 5.91 Å². The highest BCUT2D eigenvalue weighted by atomic mass is 19.3. The van der Waals surface area contributed by atoms with Crippen LogP contribution >= 0.6 is 0 Å². The van der Waals surface area contributed by atoms with Gasteiger partial charge in [0.25, 0.3) is 6.43 Å². The van der Waals surface area contributed by atoms with E-state index in [-0.39, 0.29) is 17.9 Å². The second-order valence-corrected chi connectivity index (χ2v) is 4.79. The van der Waals surface area contributed by atoms with Crippen molar-refractivity contribution in [2.45, 2.75) is 51.5 Å². The molecule has 1 saturated carbocycles. The lowest BCUT2D eigenvalue weighted by Crippen LogP contribution is -2.38. The SMILES string of the molecule is CCCN(CC(F)F)C(=O)C[C@@H]1CCC[C@H]1N. The van der Waals surface area contributed by atoms with Crippen molar-refractivity contribution in [3.05, 3.63) is 0 Å². The number of hydrogen-bond donors (Lipinski definition) is 1. The number of amides is 1. The van der Waals surface area contributed by atoms with Crippen LogP contribution in [0.15, 0.2) is 0 Å². The first-order valence-corrected chi connectivity index (χ1v) is 6.36. The van der Waals surface area contributed by atoms with E-state index < -0.39 is 13.0 Å². The molecule has 2 N–H and O–H groups in total. The minimum atomic E-state index is -2.46. The summed E-state index contributed by atoms with van der Waals surface area (Å²) in [6, 6.07) is 0.0639. The highest BCUT2D eigenvalue weighted by Gasteiger charge is 2.28. The number of alkyl halides is 2. The van der Waals surface area contributed by atoms with E-state index in [1.54, 1.807) is 0 Å². The van der Waals surface area contributed by atoms with Gasteiger partial charge in [-0.05, 0) is 25.2 Å². The Morgan fingerprint density at radius 2 is 2.18 bits per heavy atom. The molecular weight excluding hydrogens is 226 g/mol. The molecule has 0 aromatic carbocycles. The maximum absolute atomic E-state index is 12.3. The topological polar surface area (TPSA) is 46.3 Å². The van der Waals surface area contributed by atoms with Crippen LogP contribution in [-0.4, -0.2) is 36.4 Å². The summed E-state index contributed by atoms with van der Waals surface area (Å²) in [7, 11) is 0. The Balaban J connectivity index is 2.46. The van der Waals surface area contributed by atoms with Crippen LogP contribution in [0.2, 0.25) is 0 Å². The molecule has 1 amide bonds. The molecule has 2 atom stereocenters. The molecule has 5 heteroatoms. The Labute approximate surface area is 101 Å². The standard InChI is InChI=1S/C12H22F2N2O/c1-2-6-16(8-11(13)14)12(17)7-9-4-3-5-10(9)15/h9-11H,2-8,15H2,1H3/t9-,10+/m0/s1. The predicted octanol–water partition coefficient (Wildman–Crippen LogP) is 2.01. The van der Waals surface area contributed by atoms with Crippen molar-refractivity contribution in [1.29, 1.82) is 0 Å². The van der Waals surface area contributed by atoms with E-state index in [4.69, 9.17) is 5.73 Å². The quantitative estimate of drug-likeness (QED) is 0.781. The predicted molar refractivity (Wildman–Crippen MR) is 62.8 cm³/mol. The molecule has 100 valence electrons. The number of halogens is 2. The van der Waals surface area contributed by atoms with E-state index in [9.17, 15) is 13.6 Å². The minimum Gasteiger partial charge on any atom is -0.337 e. The van der Waals surface area contributed by atoms with Crippen molar-refractivity contribution in [2.24, 2.45) is 11.7 Å². The highest BCUT2D eigenvalue weighted by molar-refractivity contribution is 5.76. The summed E-state index contributed by atoms with van der Waals surface area (Å²) in [5.74, 6) is 0.00836. The second-order valence-electron chi connectivity index (χ2n) is 4.79. The number of hydrogen-bond acceptors (Lipinski definition) is 2. The average molecular weight is 248 g/mol. The summed E-state index contributed by atoms with van der Waals surface area (Å²) in [6.07, 6.45) is 1.51. The monoisotopic (exact) mass is 248 g/mol. The van der Waals surface area contributed by atoms with Gasteiger partial charge in [-0.15, -0.1) is 0 Å². The fourth-order valence-corrected chi connectivity index (χ4v) is 2.43. The molecule has 0 unspecified atom stereocenters. The van der Waals surface area contributed by atoms with Crippen LogP contribution in [0.3, 0.4) is 0 Å².